The zero-order valence-corrected chi connectivity index (χ0v) is 16.7. The van der Waals surface area contributed by atoms with Crippen LogP contribution in [-0.4, -0.2) is 13.6 Å². The summed E-state index contributed by atoms with van der Waals surface area (Å²) in [5, 5.41) is 0. The van der Waals surface area contributed by atoms with Crippen LogP contribution in [0.3, 0.4) is 0 Å². The Labute approximate surface area is 173 Å². The first-order valence-electron chi connectivity index (χ1n) is 9.15. The second kappa shape index (κ2) is 7.88. The Kier molecular flexibility index (Phi) is 5.32. The molecule has 0 heterocycles. The Hall–Kier alpha value is -2.46. The lowest BCUT2D eigenvalue weighted by Crippen LogP contribution is -2.17. The first kappa shape index (κ1) is 18.9. The van der Waals surface area contributed by atoms with Crippen LogP contribution in [0.25, 0.3) is 16.7 Å². The molecule has 1 atom stereocenters. The van der Waals surface area contributed by atoms with Crippen LogP contribution in [0.2, 0.25) is 0 Å². The van der Waals surface area contributed by atoms with Gasteiger partial charge in [-0.3, -0.25) is 4.79 Å². The molecule has 136 valence electrons. The van der Waals surface area contributed by atoms with Crippen LogP contribution in [0.5, 0.6) is 0 Å². The maximum Gasteiger partial charge on any atom is 0.156 e. The van der Waals surface area contributed by atoms with Gasteiger partial charge in [-0.1, -0.05) is 63.9 Å². The lowest BCUT2D eigenvalue weighted by Gasteiger charge is -2.25. The van der Waals surface area contributed by atoms with Crippen molar-refractivity contribution in [3.8, 4) is 11.1 Å². The Morgan fingerprint density at radius 3 is 2.50 bits per heavy atom. The number of hydrogen-bond acceptors (Lipinski definition) is 1. The summed E-state index contributed by atoms with van der Waals surface area (Å²) in [5.41, 5.74) is 5.35. The predicted molar refractivity (Wildman–Crippen MR) is 116 cm³/mol. The fraction of sp³-hybridized carbons (Fsp3) is 0.125. The van der Waals surface area contributed by atoms with Crippen molar-refractivity contribution in [2.75, 3.05) is 0 Å². The smallest absolute Gasteiger partial charge is 0.156 e. The molecule has 3 aromatic rings. The van der Waals surface area contributed by atoms with Crippen molar-refractivity contribution in [3.05, 3.63) is 94.2 Å². The summed E-state index contributed by atoms with van der Waals surface area (Å²) in [4.78, 5) is 12.5. The highest BCUT2D eigenvalue weighted by molar-refractivity contribution is 9.10. The molecule has 1 aliphatic rings. The van der Waals surface area contributed by atoms with E-state index < -0.39 is 0 Å². The van der Waals surface area contributed by atoms with Crippen molar-refractivity contribution in [3.63, 3.8) is 0 Å². The van der Waals surface area contributed by atoms with E-state index in [0.29, 0.717) is 11.9 Å². The van der Waals surface area contributed by atoms with E-state index in [4.69, 9.17) is 7.85 Å². The Balaban J connectivity index is 1.71. The summed E-state index contributed by atoms with van der Waals surface area (Å²) in [6, 6.07) is 20.1. The van der Waals surface area contributed by atoms with Crippen LogP contribution in [0.15, 0.2) is 77.3 Å². The Bertz CT molecular complexity index is 1090. The number of ketones is 1. The van der Waals surface area contributed by atoms with Gasteiger partial charge in [-0.15, -0.1) is 0 Å². The topological polar surface area (TPSA) is 17.1 Å². The van der Waals surface area contributed by atoms with Gasteiger partial charge in [0.05, 0.1) is 0 Å². The van der Waals surface area contributed by atoms with Gasteiger partial charge in [0, 0.05) is 10.9 Å². The number of halogens is 2. The van der Waals surface area contributed by atoms with E-state index in [1.165, 1.54) is 12.1 Å². The molecule has 1 nitrogen and oxygen atoms in total. The largest absolute Gasteiger partial charge is 0.295 e. The SMILES string of the molecule is [B]c1ccccc1C1=CC(=O)CC(c2cc(-c3cccc(F)c3)ccc2Br)C1. The molecule has 28 heavy (non-hydrogen) atoms. The summed E-state index contributed by atoms with van der Waals surface area (Å²) >= 11 is 3.63. The summed E-state index contributed by atoms with van der Waals surface area (Å²) in [7, 11) is 6.13. The zero-order valence-electron chi connectivity index (χ0n) is 15.2. The van der Waals surface area contributed by atoms with Crippen molar-refractivity contribution in [1.29, 1.82) is 0 Å². The van der Waals surface area contributed by atoms with Crippen LogP contribution >= 0.6 is 15.9 Å². The van der Waals surface area contributed by atoms with Gasteiger partial charge >= 0.3 is 0 Å². The number of rotatable bonds is 3. The zero-order chi connectivity index (χ0) is 19.7. The fourth-order valence-electron chi connectivity index (χ4n) is 3.79. The van der Waals surface area contributed by atoms with E-state index in [2.05, 4.69) is 15.9 Å². The molecule has 1 aliphatic carbocycles. The predicted octanol–water partition coefficient (Wildman–Crippen LogP) is 5.58. The third-order valence-corrected chi connectivity index (χ3v) is 5.87. The molecular weight excluding hydrogens is 414 g/mol. The van der Waals surface area contributed by atoms with Gasteiger partial charge in [-0.05, 0) is 70.5 Å². The highest BCUT2D eigenvalue weighted by Crippen LogP contribution is 2.40. The Morgan fingerprint density at radius 2 is 1.71 bits per heavy atom. The second-order valence-corrected chi connectivity index (χ2v) is 7.93. The minimum atomic E-state index is -0.264. The molecule has 2 radical (unpaired) electrons. The molecular formula is C24H17BBrFO. The molecule has 0 saturated carbocycles. The van der Waals surface area contributed by atoms with E-state index in [-0.39, 0.29) is 17.5 Å². The van der Waals surface area contributed by atoms with Crippen molar-refractivity contribution in [1.82, 2.24) is 0 Å². The van der Waals surface area contributed by atoms with Crippen LogP contribution in [-0.2, 0) is 4.79 Å². The minimum absolute atomic E-state index is 0.0370. The number of allylic oxidation sites excluding steroid dienone is 2. The van der Waals surface area contributed by atoms with Gasteiger partial charge in [0.1, 0.15) is 13.7 Å². The molecule has 0 spiro atoms. The van der Waals surface area contributed by atoms with Gasteiger partial charge in [0.2, 0.25) is 0 Å². The average Bonchev–Trinajstić information content (AvgIpc) is 2.68. The average molecular weight is 431 g/mol. The van der Waals surface area contributed by atoms with Crippen LogP contribution in [0, 0.1) is 5.82 Å². The third kappa shape index (κ3) is 3.88. The summed E-state index contributed by atoms with van der Waals surface area (Å²) in [6.45, 7) is 0. The first-order valence-corrected chi connectivity index (χ1v) is 9.94. The number of carbonyl (C=O) groups excluding carboxylic acids is 1. The van der Waals surface area contributed by atoms with Gasteiger partial charge in [-0.25, -0.2) is 4.39 Å². The maximum absolute atomic E-state index is 13.6. The molecule has 4 heteroatoms. The Morgan fingerprint density at radius 1 is 0.929 bits per heavy atom. The lowest BCUT2D eigenvalue weighted by atomic mass is 9.77. The number of hydrogen-bond donors (Lipinski definition) is 0. The van der Waals surface area contributed by atoms with Crippen LogP contribution in [0.1, 0.15) is 29.9 Å². The highest BCUT2D eigenvalue weighted by atomic mass is 79.9. The lowest BCUT2D eigenvalue weighted by molar-refractivity contribution is -0.115. The third-order valence-electron chi connectivity index (χ3n) is 5.15. The maximum atomic E-state index is 13.6. The summed E-state index contributed by atoms with van der Waals surface area (Å²) < 4.78 is 14.6. The standard InChI is InChI=1S/C24H17BBrFO/c25-23-7-2-1-6-21(23)17-10-18(13-20(28)12-17)22-14-16(8-9-24(22)26)15-4-3-5-19(27)11-15/h1-9,11-12,14,18H,10,13H2. The van der Waals surface area contributed by atoms with Gasteiger partial charge in [-0.2, -0.15) is 0 Å². The normalized spacial score (nSPS) is 16.7. The van der Waals surface area contributed by atoms with Gasteiger partial charge < -0.3 is 0 Å². The molecule has 0 fully saturated rings. The van der Waals surface area contributed by atoms with Crippen molar-refractivity contribution < 1.29 is 9.18 Å². The van der Waals surface area contributed by atoms with E-state index in [1.54, 1.807) is 12.1 Å². The quantitative estimate of drug-likeness (QED) is 0.495. The summed E-state index contributed by atoms with van der Waals surface area (Å²) in [5.74, 6) is -0.132. The monoisotopic (exact) mass is 430 g/mol. The molecule has 4 rings (SSSR count). The fourth-order valence-corrected chi connectivity index (χ4v) is 4.36. The summed E-state index contributed by atoms with van der Waals surface area (Å²) in [6.07, 6.45) is 2.89. The van der Waals surface area contributed by atoms with E-state index in [1.807, 2.05) is 48.5 Å². The highest BCUT2D eigenvalue weighted by Gasteiger charge is 2.25. The first-order chi connectivity index (χ1) is 13.5. The molecule has 3 aromatic carbocycles. The molecule has 0 N–H and O–H groups in total. The molecule has 0 bridgehead atoms. The molecule has 0 aliphatic heterocycles. The molecule has 0 aromatic heterocycles. The van der Waals surface area contributed by atoms with E-state index >= 15 is 0 Å². The van der Waals surface area contributed by atoms with Gasteiger partial charge in [0.15, 0.2) is 5.78 Å². The van der Waals surface area contributed by atoms with Crippen molar-refractivity contribution in [2.45, 2.75) is 18.8 Å². The van der Waals surface area contributed by atoms with Crippen LogP contribution < -0.4 is 5.46 Å². The molecule has 0 amide bonds. The molecule has 0 saturated heterocycles. The van der Waals surface area contributed by atoms with Crippen LogP contribution in [0.4, 0.5) is 4.39 Å². The second-order valence-electron chi connectivity index (χ2n) is 7.07. The number of benzene rings is 3. The van der Waals surface area contributed by atoms with Gasteiger partial charge in [0.25, 0.3) is 0 Å². The van der Waals surface area contributed by atoms with Crippen molar-refractivity contribution in [2.24, 2.45) is 0 Å². The number of carbonyl (C=O) groups is 1. The van der Waals surface area contributed by atoms with E-state index in [0.717, 1.165) is 38.7 Å². The molecule has 1 unspecified atom stereocenters. The van der Waals surface area contributed by atoms with E-state index in [9.17, 15) is 9.18 Å². The minimum Gasteiger partial charge on any atom is -0.295 e. The van der Waals surface area contributed by atoms with Crippen molar-refractivity contribution >= 4 is 40.6 Å².